The minimum absolute atomic E-state index is 0.153. The van der Waals surface area contributed by atoms with Crippen molar-refractivity contribution in [3.05, 3.63) is 115 Å². The van der Waals surface area contributed by atoms with Crippen LogP contribution in [0.25, 0.3) is 0 Å². The number of hydrogen-bond donors (Lipinski definition) is 0. The minimum Gasteiger partial charge on any atom is -0.497 e. The maximum Gasteiger partial charge on any atom is 0.306 e. The molecule has 0 saturated carbocycles. The zero-order valence-electron chi connectivity index (χ0n) is 26.1. The van der Waals surface area contributed by atoms with Gasteiger partial charge in [0.25, 0.3) is 0 Å². The number of methoxy groups -OCH3 is 3. The second-order valence-corrected chi connectivity index (χ2v) is 10.1. The van der Waals surface area contributed by atoms with E-state index in [1.54, 1.807) is 40.4 Å². The molecular formula is C36H44O8. The summed E-state index contributed by atoms with van der Waals surface area (Å²) in [6.45, 7) is 10.6. The van der Waals surface area contributed by atoms with Gasteiger partial charge in [-0.2, -0.15) is 0 Å². The number of benzene rings is 3. The zero-order valence-corrected chi connectivity index (χ0v) is 26.1. The first-order chi connectivity index (χ1) is 21.4. The molecule has 0 amide bonds. The van der Waals surface area contributed by atoms with Crippen LogP contribution in [0.15, 0.2) is 98.1 Å². The maximum absolute atomic E-state index is 12.9. The fourth-order valence-electron chi connectivity index (χ4n) is 4.41. The Labute approximate surface area is 261 Å². The Morgan fingerprint density at radius 1 is 0.659 bits per heavy atom. The van der Waals surface area contributed by atoms with Crippen molar-refractivity contribution in [1.82, 2.24) is 0 Å². The summed E-state index contributed by atoms with van der Waals surface area (Å²) in [5.41, 5.74) is 2.90. The highest BCUT2D eigenvalue weighted by atomic mass is 16.6. The number of esters is 1. The highest BCUT2D eigenvalue weighted by molar-refractivity contribution is 5.69. The summed E-state index contributed by atoms with van der Waals surface area (Å²) in [7, 11) is 4.87. The molecule has 3 aromatic carbocycles. The molecule has 4 atom stereocenters. The van der Waals surface area contributed by atoms with Gasteiger partial charge in [-0.25, -0.2) is 0 Å². The zero-order chi connectivity index (χ0) is 31.7. The first kappa shape index (κ1) is 34.4. The van der Waals surface area contributed by atoms with Gasteiger partial charge in [0.05, 0.1) is 47.3 Å². The number of carbonyl (C=O) groups is 1. The third-order valence-electron chi connectivity index (χ3n) is 7.06. The van der Waals surface area contributed by atoms with Crippen LogP contribution < -0.4 is 14.2 Å². The monoisotopic (exact) mass is 604 g/mol. The third-order valence-corrected chi connectivity index (χ3v) is 7.06. The molecule has 236 valence electrons. The average molecular weight is 605 g/mol. The normalized spacial score (nSPS) is 13.6. The molecule has 0 radical (unpaired) electrons. The molecule has 0 spiro atoms. The lowest BCUT2D eigenvalue weighted by molar-refractivity contribution is -0.166. The predicted molar refractivity (Wildman–Crippen MR) is 170 cm³/mol. The molecule has 44 heavy (non-hydrogen) atoms. The molecule has 8 heteroatoms. The van der Waals surface area contributed by atoms with Gasteiger partial charge < -0.3 is 33.2 Å². The van der Waals surface area contributed by atoms with E-state index >= 15 is 0 Å². The van der Waals surface area contributed by atoms with Gasteiger partial charge in [0.1, 0.15) is 35.6 Å². The summed E-state index contributed by atoms with van der Waals surface area (Å²) in [6.07, 6.45) is 1.86. The summed E-state index contributed by atoms with van der Waals surface area (Å²) in [5.74, 6) is 1.93. The summed E-state index contributed by atoms with van der Waals surface area (Å²) in [5, 5.41) is 0. The summed E-state index contributed by atoms with van der Waals surface area (Å²) >= 11 is 0. The van der Waals surface area contributed by atoms with Crippen molar-refractivity contribution in [2.24, 2.45) is 0 Å². The van der Waals surface area contributed by atoms with Gasteiger partial charge in [0.15, 0.2) is 0 Å². The number of carbonyl (C=O) groups excluding carboxylic acids is 1. The average Bonchev–Trinajstić information content (AvgIpc) is 3.06. The fraction of sp³-hybridized carbons (Fsp3) is 0.361. The minimum atomic E-state index is -0.623. The van der Waals surface area contributed by atoms with Crippen molar-refractivity contribution in [3.8, 4) is 17.2 Å². The second-order valence-electron chi connectivity index (χ2n) is 10.1. The number of rotatable bonds is 20. The van der Waals surface area contributed by atoms with Crippen LogP contribution >= 0.6 is 0 Å². The van der Waals surface area contributed by atoms with E-state index in [2.05, 4.69) is 13.2 Å². The molecule has 0 fully saturated rings. The van der Waals surface area contributed by atoms with Gasteiger partial charge in [-0.1, -0.05) is 48.6 Å². The van der Waals surface area contributed by atoms with Gasteiger partial charge in [0.2, 0.25) is 0 Å². The van der Waals surface area contributed by atoms with Crippen LogP contribution in [-0.4, -0.2) is 51.7 Å². The second kappa shape index (κ2) is 18.5. The van der Waals surface area contributed by atoms with Crippen LogP contribution in [-0.2, 0) is 43.6 Å². The molecule has 0 N–H and O–H groups in total. The van der Waals surface area contributed by atoms with Crippen molar-refractivity contribution in [2.75, 3.05) is 21.3 Å². The largest absolute Gasteiger partial charge is 0.497 e. The third kappa shape index (κ3) is 11.2. The molecule has 0 unspecified atom stereocenters. The van der Waals surface area contributed by atoms with Gasteiger partial charge in [-0.15, -0.1) is 13.2 Å². The van der Waals surface area contributed by atoms with E-state index in [1.165, 1.54) is 0 Å². The highest BCUT2D eigenvalue weighted by Crippen LogP contribution is 2.21. The maximum atomic E-state index is 12.9. The molecule has 0 saturated heterocycles. The van der Waals surface area contributed by atoms with Crippen molar-refractivity contribution >= 4 is 5.97 Å². The molecular weight excluding hydrogens is 560 g/mol. The lowest BCUT2D eigenvalue weighted by Gasteiger charge is -2.30. The lowest BCUT2D eigenvalue weighted by Crippen LogP contribution is -2.41. The Morgan fingerprint density at radius 2 is 1.09 bits per heavy atom. The SMILES string of the molecule is C=C[C@H](CCC(=O)O[C@@H](C)[C@H](OCc1ccc(OC)cc1)[C@H](C=C)OCc1ccc(OC)cc1)OCc1ccc(OC)cc1. The van der Waals surface area contributed by atoms with E-state index in [9.17, 15) is 4.79 Å². The van der Waals surface area contributed by atoms with Crippen molar-refractivity contribution in [2.45, 2.75) is 64.0 Å². The Hall–Kier alpha value is -4.11. The van der Waals surface area contributed by atoms with Crippen molar-refractivity contribution in [3.63, 3.8) is 0 Å². The van der Waals surface area contributed by atoms with Crippen LogP contribution in [0.3, 0.4) is 0 Å². The van der Waals surface area contributed by atoms with E-state index in [1.807, 2.05) is 72.8 Å². The summed E-state index contributed by atoms with van der Waals surface area (Å²) < 4.78 is 40.0. The van der Waals surface area contributed by atoms with E-state index < -0.39 is 18.3 Å². The van der Waals surface area contributed by atoms with Gasteiger partial charge in [-0.05, 0) is 66.4 Å². The molecule has 0 aliphatic heterocycles. The van der Waals surface area contributed by atoms with Gasteiger partial charge in [-0.3, -0.25) is 4.79 Å². The molecule has 0 aliphatic rings. The van der Waals surface area contributed by atoms with E-state index in [0.29, 0.717) is 19.6 Å². The molecule has 0 aliphatic carbocycles. The topological polar surface area (TPSA) is 81.7 Å². The quantitative estimate of drug-likeness (QED) is 0.102. The van der Waals surface area contributed by atoms with Gasteiger partial charge in [0, 0.05) is 6.42 Å². The number of ether oxygens (including phenoxy) is 7. The Morgan fingerprint density at radius 3 is 1.50 bits per heavy atom. The lowest BCUT2D eigenvalue weighted by atomic mass is 10.1. The first-order valence-corrected chi connectivity index (χ1v) is 14.6. The summed E-state index contributed by atoms with van der Waals surface area (Å²) in [4.78, 5) is 12.9. The fourth-order valence-corrected chi connectivity index (χ4v) is 4.41. The molecule has 0 bridgehead atoms. The standard InChI is InChI=1S/C36H44O8/c1-7-30(41-23-27-9-15-31(38-4)16-10-27)21-22-35(37)44-26(3)36(43-25-29-13-19-33(40-6)20-14-29)34(8-2)42-24-28-11-17-32(39-5)18-12-28/h7-20,26,30,34,36H,1-2,21-25H2,3-6H3/t26-,30+,34-,36-/m0/s1. The predicted octanol–water partition coefficient (Wildman–Crippen LogP) is 6.85. The molecule has 0 heterocycles. The van der Waals surface area contributed by atoms with E-state index in [-0.39, 0.29) is 25.1 Å². The van der Waals surface area contributed by atoms with E-state index in [4.69, 9.17) is 33.2 Å². The Bertz CT molecular complexity index is 1270. The van der Waals surface area contributed by atoms with Crippen LogP contribution in [0.1, 0.15) is 36.5 Å². The highest BCUT2D eigenvalue weighted by Gasteiger charge is 2.30. The Kier molecular flexibility index (Phi) is 14.5. The van der Waals surface area contributed by atoms with Crippen LogP contribution in [0.5, 0.6) is 17.2 Å². The molecule has 3 aromatic rings. The molecule has 8 nitrogen and oxygen atoms in total. The van der Waals surface area contributed by atoms with Crippen LogP contribution in [0.4, 0.5) is 0 Å². The van der Waals surface area contributed by atoms with Crippen LogP contribution in [0, 0.1) is 0 Å². The molecule has 0 aromatic heterocycles. The van der Waals surface area contributed by atoms with Crippen molar-refractivity contribution in [1.29, 1.82) is 0 Å². The van der Waals surface area contributed by atoms with E-state index in [0.717, 1.165) is 33.9 Å². The molecule has 3 rings (SSSR count). The van der Waals surface area contributed by atoms with Gasteiger partial charge >= 0.3 is 5.97 Å². The number of hydrogen-bond acceptors (Lipinski definition) is 8. The van der Waals surface area contributed by atoms with Crippen molar-refractivity contribution < 1.29 is 38.0 Å². The first-order valence-electron chi connectivity index (χ1n) is 14.6. The smallest absolute Gasteiger partial charge is 0.306 e. The van der Waals surface area contributed by atoms with Crippen LogP contribution in [0.2, 0.25) is 0 Å². The Balaban J connectivity index is 1.60. The summed E-state index contributed by atoms with van der Waals surface area (Å²) in [6, 6.07) is 22.8.